The smallest absolute Gasteiger partial charge is 0.303 e. The Bertz CT molecular complexity index is 216. The number of hydrogen-bond donors (Lipinski definition) is 2. The molecule has 4 heteroatoms. The standard InChI is InChI=1S/C9H14O4/c10-8(11)3-5-1-2-7-6(5)4-9(12)13-7/h5-7,9,12H,1-4H2,(H,10,11)/t5-,6+,7-,9?/m0/s1. The van der Waals surface area contributed by atoms with E-state index in [1.807, 2.05) is 0 Å². The molecule has 13 heavy (non-hydrogen) atoms. The van der Waals surface area contributed by atoms with Gasteiger partial charge in [-0.05, 0) is 24.7 Å². The van der Waals surface area contributed by atoms with Gasteiger partial charge in [0.15, 0.2) is 6.29 Å². The molecule has 1 saturated heterocycles. The molecule has 0 bridgehead atoms. The lowest BCUT2D eigenvalue weighted by molar-refractivity contribution is -0.138. The molecule has 0 amide bonds. The van der Waals surface area contributed by atoms with Crippen LogP contribution in [0, 0.1) is 11.8 Å². The van der Waals surface area contributed by atoms with Crippen LogP contribution in [0.2, 0.25) is 0 Å². The molecule has 2 N–H and O–H groups in total. The Morgan fingerprint density at radius 2 is 2.23 bits per heavy atom. The van der Waals surface area contributed by atoms with E-state index in [2.05, 4.69) is 0 Å². The van der Waals surface area contributed by atoms with E-state index in [1.54, 1.807) is 0 Å². The highest BCUT2D eigenvalue weighted by atomic mass is 16.6. The number of carbonyl (C=O) groups is 1. The van der Waals surface area contributed by atoms with Gasteiger partial charge in [-0.2, -0.15) is 0 Å². The Hall–Kier alpha value is -0.610. The Morgan fingerprint density at radius 1 is 1.46 bits per heavy atom. The maximum Gasteiger partial charge on any atom is 0.303 e. The van der Waals surface area contributed by atoms with Crippen LogP contribution in [-0.4, -0.2) is 28.6 Å². The van der Waals surface area contributed by atoms with Crippen molar-refractivity contribution in [1.82, 2.24) is 0 Å². The zero-order valence-corrected chi connectivity index (χ0v) is 7.35. The summed E-state index contributed by atoms with van der Waals surface area (Å²) in [6.45, 7) is 0. The van der Waals surface area contributed by atoms with Crippen LogP contribution in [0.3, 0.4) is 0 Å². The number of aliphatic hydroxyl groups excluding tert-OH is 1. The molecule has 1 unspecified atom stereocenters. The quantitative estimate of drug-likeness (QED) is 0.662. The van der Waals surface area contributed by atoms with Crippen molar-refractivity contribution in [2.75, 3.05) is 0 Å². The summed E-state index contributed by atoms with van der Waals surface area (Å²) >= 11 is 0. The second-order valence-corrected chi connectivity index (χ2v) is 3.96. The maximum absolute atomic E-state index is 10.5. The molecule has 4 atom stereocenters. The van der Waals surface area contributed by atoms with Crippen molar-refractivity contribution in [3.63, 3.8) is 0 Å². The first kappa shape index (κ1) is 8.97. The van der Waals surface area contributed by atoms with E-state index in [-0.39, 0.29) is 24.4 Å². The van der Waals surface area contributed by atoms with Gasteiger partial charge in [0.05, 0.1) is 6.10 Å². The number of carboxylic acids is 1. The number of aliphatic hydroxyl groups is 1. The molecule has 0 aromatic carbocycles. The van der Waals surface area contributed by atoms with Crippen molar-refractivity contribution >= 4 is 5.97 Å². The van der Waals surface area contributed by atoms with Gasteiger partial charge in [0.2, 0.25) is 0 Å². The Balaban J connectivity index is 1.96. The molecule has 0 aromatic rings. The maximum atomic E-state index is 10.5. The van der Waals surface area contributed by atoms with Crippen LogP contribution in [-0.2, 0) is 9.53 Å². The van der Waals surface area contributed by atoms with Crippen LogP contribution in [0.4, 0.5) is 0 Å². The van der Waals surface area contributed by atoms with Crippen LogP contribution >= 0.6 is 0 Å². The van der Waals surface area contributed by atoms with Crippen molar-refractivity contribution in [3.05, 3.63) is 0 Å². The summed E-state index contributed by atoms with van der Waals surface area (Å²) in [6.07, 6.45) is 2.11. The van der Waals surface area contributed by atoms with Crippen molar-refractivity contribution in [3.8, 4) is 0 Å². The second kappa shape index (κ2) is 3.27. The van der Waals surface area contributed by atoms with Gasteiger partial charge < -0.3 is 14.9 Å². The summed E-state index contributed by atoms with van der Waals surface area (Å²) in [5, 5.41) is 17.9. The molecule has 0 radical (unpaired) electrons. The number of hydrogen-bond acceptors (Lipinski definition) is 3. The van der Waals surface area contributed by atoms with Crippen LogP contribution < -0.4 is 0 Å². The van der Waals surface area contributed by atoms with Gasteiger partial charge in [0.25, 0.3) is 0 Å². The lowest BCUT2D eigenvalue weighted by Crippen LogP contribution is -2.16. The molecule has 1 aliphatic heterocycles. The zero-order chi connectivity index (χ0) is 9.42. The van der Waals surface area contributed by atoms with Gasteiger partial charge in [-0.3, -0.25) is 4.79 Å². The van der Waals surface area contributed by atoms with Crippen molar-refractivity contribution in [2.45, 2.75) is 38.1 Å². The normalized spacial score (nSPS) is 43.5. The fourth-order valence-corrected chi connectivity index (χ4v) is 2.59. The third-order valence-electron chi connectivity index (χ3n) is 3.15. The minimum atomic E-state index is -0.743. The molecule has 2 rings (SSSR count). The Morgan fingerprint density at radius 3 is 2.92 bits per heavy atom. The number of carboxylic acid groups (broad SMARTS) is 1. The molecule has 1 heterocycles. The Labute approximate surface area is 76.5 Å². The molecule has 0 spiro atoms. The van der Waals surface area contributed by atoms with E-state index >= 15 is 0 Å². The minimum absolute atomic E-state index is 0.111. The highest BCUT2D eigenvalue weighted by Gasteiger charge is 2.44. The molecule has 4 nitrogen and oxygen atoms in total. The molecule has 74 valence electrons. The van der Waals surface area contributed by atoms with Gasteiger partial charge in [0, 0.05) is 12.8 Å². The third kappa shape index (κ3) is 1.69. The predicted molar refractivity (Wildman–Crippen MR) is 44.0 cm³/mol. The van der Waals surface area contributed by atoms with Crippen LogP contribution in [0.5, 0.6) is 0 Å². The second-order valence-electron chi connectivity index (χ2n) is 3.96. The van der Waals surface area contributed by atoms with Crippen molar-refractivity contribution < 1.29 is 19.7 Å². The van der Waals surface area contributed by atoms with Crippen LogP contribution in [0.25, 0.3) is 0 Å². The topological polar surface area (TPSA) is 66.8 Å². The van der Waals surface area contributed by atoms with Crippen molar-refractivity contribution in [1.29, 1.82) is 0 Å². The van der Waals surface area contributed by atoms with E-state index < -0.39 is 12.3 Å². The molecule has 1 saturated carbocycles. The van der Waals surface area contributed by atoms with E-state index in [0.29, 0.717) is 6.42 Å². The minimum Gasteiger partial charge on any atom is -0.481 e. The summed E-state index contributed by atoms with van der Waals surface area (Å²) in [5.74, 6) is -0.266. The number of rotatable bonds is 2. The van der Waals surface area contributed by atoms with E-state index in [0.717, 1.165) is 12.8 Å². The predicted octanol–water partition coefficient (Wildman–Crippen LogP) is 0.595. The molecule has 1 aliphatic carbocycles. The molecular formula is C9H14O4. The highest BCUT2D eigenvalue weighted by Crippen LogP contribution is 2.43. The fourth-order valence-electron chi connectivity index (χ4n) is 2.59. The van der Waals surface area contributed by atoms with Crippen LogP contribution in [0.15, 0.2) is 0 Å². The number of fused-ring (bicyclic) bond motifs is 1. The van der Waals surface area contributed by atoms with Crippen molar-refractivity contribution in [2.24, 2.45) is 11.8 Å². The van der Waals surface area contributed by atoms with Gasteiger partial charge in [0.1, 0.15) is 0 Å². The first-order valence-corrected chi connectivity index (χ1v) is 4.72. The number of ether oxygens (including phenoxy) is 1. The van der Waals surface area contributed by atoms with Crippen LogP contribution in [0.1, 0.15) is 25.7 Å². The van der Waals surface area contributed by atoms with E-state index in [4.69, 9.17) is 9.84 Å². The van der Waals surface area contributed by atoms with E-state index in [1.165, 1.54) is 0 Å². The summed E-state index contributed by atoms with van der Waals surface area (Å²) in [4.78, 5) is 10.5. The lowest BCUT2D eigenvalue weighted by Gasteiger charge is -2.13. The number of aliphatic carboxylic acids is 1. The SMILES string of the molecule is O=C(O)C[C@@H]1CC[C@@H]2OC(O)C[C@H]12. The molecular weight excluding hydrogens is 172 g/mol. The van der Waals surface area contributed by atoms with E-state index in [9.17, 15) is 9.90 Å². The average Bonchev–Trinajstić information content (AvgIpc) is 2.51. The first-order chi connectivity index (χ1) is 6.16. The molecule has 0 aromatic heterocycles. The molecule has 2 fully saturated rings. The fraction of sp³-hybridized carbons (Fsp3) is 0.889. The summed E-state index contributed by atoms with van der Waals surface area (Å²) in [6, 6.07) is 0. The van der Waals surface area contributed by atoms with Gasteiger partial charge in [-0.1, -0.05) is 0 Å². The summed E-state index contributed by atoms with van der Waals surface area (Å²) in [5.41, 5.74) is 0. The lowest BCUT2D eigenvalue weighted by atomic mass is 9.90. The summed E-state index contributed by atoms with van der Waals surface area (Å²) in [7, 11) is 0. The summed E-state index contributed by atoms with van der Waals surface area (Å²) < 4.78 is 5.26. The molecule has 2 aliphatic rings. The highest BCUT2D eigenvalue weighted by molar-refractivity contribution is 5.67. The van der Waals surface area contributed by atoms with Gasteiger partial charge in [-0.15, -0.1) is 0 Å². The average molecular weight is 186 g/mol. The monoisotopic (exact) mass is 186 g/mol. The largest absolute Gasteiger partial charge is 0.481 e. The van der Waals surface area contributed by atoms with Gasteiger partial charge >= 0.3 is 5.97 Å². The Kier molecular flexibility index (Phi) is 2.26. The van der Waals surface area contributed by atoms with Gasteiger partial charge in [-0.25, -0.2) is 0 Å². The third-order valence-corrected chi connectivity index (χ3v) is 3.15. The zero-order valence-electron chi connectivity index (χ0n) is 7.35. The first-order valence-electron chi connectivity index (χ1n) is 4.72.